The van der Waals surface area contributed by atoms with E-state index in [2.05, 4.69) is 42.2 Å². The average Bonchev–Trinajstić information content (AvgIpc) is 3.37. The minimum atomic E-state index is -0.145. The number of aryl methyl sites for hydroxylation is 1. The number of amides is 1. The number of fused-ring (bicyclic) bond motifs is 1. The number of hydrogen-bond donors (Lipinski definition) is 1. The minimum absolute atomic E-state index is 0.141. The molecule has 0 aliphatic heterocycles. The Hall–Kier alpha value is -3.26. The number of carbonyl (C=O) groups excluding carboxylic acids is 1. The van der Waals surface area contributed by atoms with Crippen molar-refractivity contribution in [3.05, 3.63) is 58.7 Å². The van der Waals surface area contributed by atoms with E-state index in [1.165, 1.54) is 4.88 Å². The zero-order chi connectivity index (χ0) is 22.1. The van der Waals surface area contributed by atoms with Gasteiger partial charge in [-0.05, 0) is 56.7 Å². The highest BCUT2D eigenvalue weighted by Crippen LogP contribution is 2.30. The van der Waals surface area contributed by atoms with Gasteiger partial charge < -0.3 is 10.2 Å². The van der Waals surface area contributed by atoms with Gasteiger partial charge in [-0.15, -0.1) is 11.3 Å². The highest BCUT2D eigenvalue weighted by Gasteiger charge is 2.19. The van der Waals surface area contributed by atoms with E-state index in [9.17, 15) is 4.79 Å². The number of nitrogens with one attached hydrogen (secondary N) is 1. The molecule has 0 aromatic carbocycles. The maximum absolute atomic E-state index is 13.2. The Bertz CT molecular complexity index is 1240. The summed E-state index contributed by atoms with van der Waals surface area (Å²) in [4.78, 5) is 26.6. The van der Waals surface area contributed by atoms with Crippen molar-refractivity contribution >= 4 is 34.1 Å². The molecule has 0 radical (unpaired) electrons. The predicted molar refractivity (Wildman–Crippen MR) is 126 cm³/mol. The van der Waals surface area contributed by atoms with E-state index in [1.807, 2.05) is 47.9 Å². The number of pyridine rings is 2. The molecule has 0 spiro atoms. The second-order valence-corrected chi connectivity index (χ2v) is 9.27. The maximum Gasteiger partial charge on any atom is 0.252 e. The van der Waals surface area contributed by atoms with Crippen LogP contribution in [0.5, 0.6) is 0 Å². The van der Waals surface area contributed by atoms with Gasteiger partial charge in [-0.25, -0.2) is 14.6 Å². The number of carbonyl (C=O) groups is 1. The molecule has 1 amide bonds. The van der Waals surface area contributed by atoms with Gasteiger partial charge in [-0.3, -0.25) is 4.79 Å². The van der Waals surface area contributed by atoms with E-state index in [-0.39, 0.29) is 11.9 Å². The molecule has 31 heavy (non-hydrogen) atoms. The molecule has 1 N–H and O–H groups in total. The van der Waals surface area contributed by atoms with Crippen LogP contribution in [-0.4, -0.2) is 39.8 Å². The predicted octanol–water partition coefficient (Wildman–Crippen LogP) is 4.44. The van der Waals surface area contributed by atoms with Crippen LogP contribution in [0.1, 0.15) is 40.7 Å². The Labute approximate surface area is 185 Å². The molecule has 160 valence electrons. The zero-order valence-electron chi connectivity index (χ0n) is 18.4. The lowest BCUT2D eigenvalue weighted by Crippen LogP contribution is -2.23. The summed E-state index contributed by atoms with van der Waals surface area (Å²) in [6.45, 7) is 6.59. The molecule has 4 aromatic rings. The lowest BCUT2D eigenvalue weighted by Gasteiger charge is -2.13. The van der Waals surface area contributed by atoms with Crippen LogP contribution in [0.3, 0.4) is 0 Å². The summed E-state index contributed by atoms with van der Waals surface area (Å²) in [5, 5.41) is 8.30. The van der Waals surface area contributed by atoms with Gasteiger partial charge in [-0.1, -0.05) is 0 Å². The van der Waals surface area contributed by atoms with Crippen molar-refractivity contribution in [2.75, 3.05) is 19.0 Å². The number of nitrogens with zero attached hydrogens (tertiary/aromatic N) is 5. The lowest BCUT2D eigenvalue weighted by atomic mass is 10.1. The molecule has 0 fully saturated rings. The molecule has 8 heteroatoms. The summed E-state index contributed by atoms with van der Waals surface area (Å²) in [5.41, 5.74) is 3.09. The van der Waals surface area contributed by atoms with Crippen LogP contribution >= 0.6 is 11.3 Å². The number of hydrogen-bond acceptors (Lipinski definition) is 6. The summed E-state index contributed by atoms with van der Waals surface area (Å²) in [6, 6.07) is 10.0. The third kappa shape index (κ3) is 4.29. The summed E-state index contributed by atoms with van der Waals surface area (Å²) in [5.74, 6) is 0.708. The van der Waals surface area contributed by atoms with Crippen molar-refractivity contribution in [1.82, 2.24) is 25.1 Å². The fraction of sp³-hybridized carbons (Fsp3) is 0.304. The largest absolute Gasteiger partial charge is 0.363 e. The highest BCUT2D eigenvalue weighted by atomic mass is 32.1. The molecule has 0 unspecified atom stereocenters. The van der Waals surface area contributed by atoms with E-state index in [0.717, 1.165) is 33.0 Å². The molecule has 0 aliphatic rings. The van der Waals surface area contributed by atoms with Crippen LogP contribution in [0, 0.1) is 6.92 Å². The number of anilines is 1. The number of aromatic nitrogens is 4. The van der Waals surface area contributed by atoms with Crippen LogP contribution in [0.15, 0.2) is 42.7 Å². The van der Waals surface area contributed by atoms with Crippen molar-refractivity contribution in [1.29, 1.82) is 0 Å². The van der Waals surface area contributed by atoms with Gasteiger partial charge in [-0.2, -0.15) is 5.10 Å². The van der Waals surface area contributed by atoms with E-state index >= 15 is 0 Å². The lowest BCUT2D eigenvalue weighted by molar-refractivity contribution is 0.0952. The first-order chi connectivity index (χ1) is 14.8. The van der Waals surface area contributed by atoms with Gasteiger partial charge in [0.05, 0.1) is 27.7 Å². The van der Waals surface area contributed by atoms with E-state index < -0.39 is 0 Å². The van der Waals surface area contributed by atoms with Crippen LogP contribution in [0.4, 0.5) is 5.82 Å². The highest BCUT2D eigenvalue weighted by molar-refractivity contribution is 7.15. The minimum Gasteiger partial charge on any atom is -0.363 e. The van der Waals surface area contributed by atoms with Crippen molar-refractivity contribution in [3.8, 4) is 10.6 Å². The van der Waals surface area contributed by atoms with Crippen LogP contribution in [-0.2, 0) is 6.54 Å². The summed E-state index contributed by atoms with van der Waals surface area (Å²) < 4.78 is 1.86. The Balaban J connectivity index is 1.70. The molecule has 4 aromatic heterocycles. The van der Waals surface area contributed by atoms with Crippen molar-refractivity contribution in [3.63, 3.8) is 0 Å². The first-order valence-corrected chi connectivity index (χ1v) is 11.0. The molecule has 0 atom stereocenters. The van der Waals surface area contributed by atoms with Crippen LogP contribution in [0.2, 0.25) is 0 Å². The second kappa shape index (κ2) is 8.47. The Morgan fingerprint density at radius 3 is 2.71 bits per heavy atom. The first-order valence-electron chi connectivity index (χ1n) is 10.2. The Kier molecular flexibility index (Phi) is 5.73. The third-order valence-corrected chi connectivity index (χ3v) is 6.04. The average molecular weight is 435 g/mol. The maximum atomic E-state index is 13.2. The Morgan fingerprint density at radius 2 is 2.03 bits per heavy atom. The molecule has 4 rings (SSSR count). The number of rotatable bonds is 6. The van der Waals surface area contributed by atoms with Gasteiger partial charge in [0.25, 0.3) is 5.91 Å². The second-order valence-electron chi connectivity index (χ2n) is 7.98. The van der Waals surface area contributed by atoms with Crippen LogP contribution < -0.4 is 10.2 Å². The normalized spacial score (nSPS) is 11.3. The third-order valence-electron chi connectivity index (χ3n) is 5.01. The molecule has 0 bridgehead atoms. The standard InChI is InChI=1S/C23H26N6OS/c1-14(2)29-22-18(13-26-29)17(11-19(27-22)20-7-6-15(3)31-20)23(30)25-12-16-8-9-24-21(10-16)28(4)5/h6-11,13-14H,12H2,1-5H3,(H,25,30). The van der Waals surface area contributed by atoms with Gasteiger partial charge in [0, 0.05) is 37.8 Å². The number of thiophene rings is 1. The zero-order valence-corrected chi connectivity index (χ0v) is 19.2. The Morgan fingerprint density at radius 1 is 1.23 bits per heavy atom. The van der Waals surface area contributed by atoms with Crippen molar-refractivity contribution < 1.29 is 4.79 Å². The van der Waals surface area contributed by atoms with Gasteiger partial charge >= 0.3 is 0 Å². The van der Waals surface area contributed by atoms with E-state index in [4.69, 9.17) is 4.98 Å². The summed E-state index contributed by atoms with van der Waals surface area (Å²) in [7, 11) is 3.89. The fourth-order valence-electron chi connectivity index (χ4n) is 3.37. The van der Waals surface area contributed by atoms with Gasteiger partial charge in [0.15, 0.2) is 5.65 Å². The monoisotopic (exact) mass is 434 g/mol. The fourth-order valence-corrected chi connectivity index (χ4v) is 4.20. The smallest absolute Gasteiger partial charge is 0.252 e. The first kappa shape index (κ1) is 21.0. The molecule has 4 heterocycles. The molecule has 0 aliphatic carbocycles. The van der Waals surface area contributed by atoms with Crippen molar-refractivity contribution in [2.45, 2.75) is 33.4 Å². The van der Waals surface area contributed by atoms with Crippen molar-refractivity contribution in [2.24, 2.45) is 0 Å². The molecule has 7 nitrogen and oxygen atoms in total. The molecular weight excluding hydrogens is 408 g/mol. The van der Waals surface area contributed by atoms with Gasteiger partial charge in [0.2, 0.25) is 0 Å². The molecular formula is C23H26N6OS. The topological polar surface area (TPSA) is 75.9 Å². The molecule has 0 saturated carbocycles. The van der Waals surface area contributed by atoms with Crippen LogP contribution in [0.25, 0.3) is 21.6 Å². The summed E-state index contributed by atoms with van der Waals surface area (Å²) >= 11 is 1.67. The quantitative estimate of drug-likeness (QED) is 0.486. The SMILES string of the molecule is Cc1ccc(-c2cc(C(=O)NCc3ccnc(N(C)C)c3)c3cnn(C(C)C)c3n2)s1. The molecule has 0 saturated heterocycles. The van der Waals surface area contributed by atoms with E-state index in [0.29, 0.717) is 12.1 Å². The van der Waals surface area contributed by atoms with E-state index in [1.54, 1.807) is 23.7 Å². The van der Waals surface area contributed by atoms with Gasteiger partial charge in [0.1, 0.15) is 5.82 Å². The summed E-state index contributed by atoms with van der Waals surface area (Å²) in [6.07, 6.45) is 3.49.